The molecule has 5 nitrogen and oxygen atoms in total. The van der Waals surface area contributed by atoms with Gasteiger partial charge >= 0.3 is 0 Å². The molecule has 0 aliphatic carbocycles. The number of amides is 1. The van der Waals surface area contributed by atoms with Gasteiger partial charge in [0, 0.05) is 17.8 Å². The van der Waals surface area contributed by atoms with Crippen LogP contribution in [-0.4, -0.2) is 15.7 Å². The van der Waals surface area contributed by atoms with Crippen LogP contribution in [0.15, 0.2) is 54.6 Å². The standard InChI is InChI=1S/C21H20N4O/c1-15-13-16(2)25(24-15)20-10-5-17(6-11-20)7-12-21(26)23-19-8-3-18(14-22)4-9-19/h3-6,8-11,13H,7,12H2,1-2H3,(H,23,26). The zero-order valence-electron chi connectivity index (χ0n) is 14.9. The molecule has 2 aromatic carbocycles. The molecule has 0 aliphatic rings. The molecule has 5 heteroatoms. The molecule has 1 heterocycles. The molecule has 0 unspecified atom stereocenters. The summed E-state index contributed by atoms with van der Waals surface area (Å²) in [6.45, 7) is 4.01. The van der Waals surface area contributed by atoms with Crippen molar-refractivity contribution in [3.8, 4) is 11.8 Å². The van der Waals surface area contributed by atoms with E-state index in [1.54, 1.807) is 24.3 Å². The van der Waals surface area contributed by atoms with Crippen LogP contribution in [0.4, 0.5) is 5.69 Å². The van der Waals surface area contributed by atoms with Gasteiger partial charge in [-0.15, -0.1) is 0 Å². The van der Waals surface area contributed by atoms with E-state index in [0.29, 0.717) is 24.1 Å². The highest BCUT2D eigenvalue weighted by Gasteiger charge is 2.06. The van der Waals surface area contributed by atoms with Crippen LogP contribution in [0, 0.1) is 25.2 Å². The van der Waals surface area contributed by atoms with Crippen molar-refractivity contribution in [2.24, 2.45) is 0 Å². The van der Waals surface area contributed by atoms with E-state index in [1.165, 1.54) is 0 Å². The predicted octanol–water partition coefficient (Wildman–Crippen LogP) is 3.93. The highest BCUT2D eigenvalue weighted by molar-refractivity contribution is 5.90. The van der Waals surface area contributed by atoms with Crippen LogP contribution >= 0.6 is 0 Å². The van der Waals surface area contributed by atoms with Crippen LogP contribution in [-0.2, 0) is 11.2 Å². The minimum atomic E-state index is -0.0441. The van der Waals surface area contributed by atoms with E-state index in [0.717, 1.165) is 22.6 Å². The molecule has 0 saturated heterocycles. The van der Waals surface area contributed by atoms with Crippen molar-refractivity contribution in [3.63, 3.8) is 0 Å². The zero-order chi connectivity index (χ0) is 18.5. The van der Waals surface area contributed by atoms with Crippen molar-refractivity contribution in [2.75, 3.05) is 5.32 Å². The topological polar surface area (TPSA) is 70.7 Å². The molecule has 0 fully saturated rings. The first kappa shape index (κ1) is 17.4. The highest BCUT2D eigenvalue weighted by atomic mass is 16.1. The minimum absolute atomic E-state index is 0.0441. The first-order chi connectivity index (χ1) is 12.5. The van der Waals surface area contributed by atoms with Crippen molar-refractivity contribution in [1.82, 2.24) is 9.78 Å². The second-order valence-corrected chi connectivity index (χ2v) is 6.24. The maximum absolute atomic E-state index is 12.1. The van der Waals surface area contributed by atoms with Crippen molar-refractivity contribution in [1.29, 1.82) is 5.26 Å². The average molecular weight is 344 g/mol. The quantitative estimate of drug-likeness (QED) is 0.762. The highest BCUT2D eigenvalue weighted by Crippen LogP contribution is 2.15. The number of rotatable bonds is 5. The third kappa shape index (κ3) is 4.17. The summed E-state index contributed by atoms with van der Waals surface area (Å²) >= 11 is 0. The van der Waals surface area contributed by atoms with Gasteiger partial charge in [-0.1, -0.05) is 12.1 Å². The second kappa shape index (κ2) is 7.66. The fourth-order valence-corrected chi connectivity index (χ4v) is 2.80. The summed E-state index contributed by atoms with van der Waals surface area (Å²) in [5, 5.41) is 16.1. The van der Waals surface area contributed by atoms with E-state index >= 15 is 0 Å². The molecule has 0 atom stereocenters. The molecule has 0 aliphatic heterocycles. The maximum Gasteiger partial charge on any atom is 0.224 e. The van der Waals surface area contributed by atoms with Crippen LogP contribution in [0.25, 0.3) is 5.69 Å². The molecule has 1 amide bonds. The van der Waals surface area contributed by atoms with E-state index in [1.807, 2.05) is 48.9 Å². The van der Waals surface area contributed by atoms with Crippen LogP contribution in [0.5, 0.6) is 0 Å². The van der Waals surface area contributed by atoms with Gasteiger partial charge in [0.2, 0.25) is 5.91 Å². The average Bonchev–Trinajstić information content (AvgIpc) is 2.99. The molecule has 0 spiro atoms. The van der Waals surface area contributed by atoms with Crippen molar-refractivity contribution < 1.29 is 4.79 Å². The Kier molecular flexibility index (Phi) is 5.14. The Bertz CT molecular complexity index is 947. The van der Waals surface area contributed by atoms with Crippen molar-refractivity contribution >= 4 is 11.6 Å². The van der Waals surface area contributed by atoms with Gasteiger partial charge in [-0.2, -0.15) is 10.4 Å². The lowest BCUT2D eigenvalue weighted by molar-refractivity contribution is -0.116. The predicted molar refractivity (Wildman–Crippen MR) is 101 cm³/mol. The Hall–Kier alpha value is -3.39. The van der Waals surface area contributed by atoms with Gasteiger partial charge in [0.15, 0.2) is 0 Å². The number of nitrogens with zero attached hydrogens (tertiary/aromatic N) is 3. The molecule has 1 aromatic heterocycles. The Morgan fingerprint density at radius 2 is 1.81 bits per heavy atom. The van der Waals surface area contributed by atoms with Crippen LogP contribution in [0.2, 0.25) is 0 Å². The lowest BCUT2D eigenvalue weighted by Crippen LogP contribution is -2.12. The fourth-order valence-electron chi connectivity index (χ4n) is 2.80. The number of nitrogens with one attached hydrogen (secondary N) is 1. The third-order valence-electron chi connectivity index (χ3n) is 4.13. The summed E-state index contributed by atoms with van der Waals surface area (Å²) in [7, 11) is 0. The number of anilines is 1. The SMILES string of the molecule is Cc1cc(C)n(-c2ccc(CCC(=O)Nc3ccc(C#N)cc3)cc2)n1. The summed E-state index contributed by atoms with van der Waals surface area (Å²) in [6, 6.07) is 19.0. The van der Waals surface area contributed by atoms with Gasteiger partial charge in [0.25, 0.3) is 0 Å². The lowest BCUT2D eigenvalue weighted by atomic mass is 10.1. The van der Waals surface area contributed by atoms with Gasteiger partial charge in [0.05, 0.1) is 23.0 Å². The van der Waals surface area contributed by atoms with Crippen LogP contribution < -0.4 is 5.32 Å². The Balaban J connectivity index is 1.56. The largest absolute Gasteiger partial charge is 0.326 e. The maximum atomic E-state index is 12.1. The third-order valence-corrected chi connectivity index (χ3v) is 4.13. The van der Waals surface area contributed by atoms with Crippen LogP contribution in [0.3, 0.4) is 0 Å². The number of aromatic nitrogens is 2. The van der Waals surface area contributed by atoms with Crippen molar-refractivity contribution in [3.05, 3.63) is 77.1 Å². The van der Waals surface area contributed by atoms with E-state index in [9.17, 15) is 4.79 Å². The summed E-state index contributed by atoms with van der Waals surface area (Å²) in [5.74, 6) is -0.0441. The van der Waals surface area contributed by atoms with E-state index in [2.05, 4.69) is 16.5 Å². The molecule has 0 radical (unpaired) electrons. The van der Waals surface area contributed by atoms with E-state index in [4.69, 9.17) is 5.26 Å². The van der Waals surface area contributed by atoms with Gasteiger partial charge in [-0.05, 0) is 68.3 Å². The number of carbonyl (C=O) groups excluding carboxylic acids is 1. The fraction of sp³-hybridized carbons (Fsp3) is 0.190. The minimum Gasteiger partial charge on any atom is -0.326 e. The number of carbonyl (C=O) groups is 1. The molecule has 1 N–H and O–H groups in total. The number of aryl methyl sites for hydroxylation is 3. The number of nitriles is 1. The number of hydrogen-bond donors (Lipinski definition) is 1. The lowest BCUT2D eigenvalue weighted by Gasteiger charge is -2.07. The Morgan fingerprint density at radius 1 is 1.12 bits per heavy atom. The molecule has 3 rings (SSSR count). The van der Waals surface area contributed by atoms with Gasteiger partial charge < -0.3 is 5.32 Å². The smallest absolute Gasteiger partial charge is 0.224 e. The van der Waals surface area contributed by atoms with Gasteiger partial charge in [-0.3, -0.25) is 4.79 Å². The van der Waals surface area contributed by atoms with E-state index in [-0.39, 0.29) is 5.91 Å². The van der Waals surface area contributed by atoms with E-state index < -0.39 is 0 Å². The van der Waals surface area contributed by atoms with Crippen LogP contribution in [0.1, 0.15) is 28.9 Å². The molecule has 0 saturated carbocycles. The summed E-state index contributed by atoms with van der Waals surface area (Å²) < 4.78 is 1.91. The molecular formula is C21H20N4O. The molecule has 0 bridgehead atoms. The van der Waals surface area contributed by atoms with Gasteiger partial charge in [0.1, 0.15) is 0 Å². The monoisotopic (exact) mass is 344 g/mol. The molecule has 26 heavy (non-hydrogen) atoms. The number of benzene rings is 2. The summed E-state index contributed by atoms with van der Waals surface area (Å²) in [6.07, 6.45) is 1.07. The summed E-state index contributed by atoms with van der Waals surface area (Å²) in [4.78, 5) is 12.1. The summed E-state index contributed by atoms with van der Waals surface area (Å²) in [5.41, 5.74) is 5.48. The first-order valence-corrected chi connectivity index (χ1v) is 8.48. The Morgan fingerprint density at radius 3 is 2.38 bits per heavy atom. The molecular weight excluding hydrogens is 324 g/mol. The van der Waals surface area contributed by atoms with Crippen molar-refractivity contribution in [2.45, 2.75) is 26.7 Å². The molecule has 130 valence electrons. The molecule has 3 aromatic rings. The second-order valence-electron chi connectivity index (χ2n) is 6.24. The normalized spacial score (nSPS) is 10.3. The number of hydrogen-bond acceptors (Lipinski definition) is 3. The zero-order valence-corrected chi connectivity index (χ0v) is 14.9. The Labute approximate surface area is 152 Å². The first-order valence-electron chi connectivity index (χ1n) is 8.48. The van der Waals surface area contributed by atoms with Gasteiger partial charge in [-0.25, -0.2) is 4.68 Å².